The molecule has 0 bridgehead atoms. The highest BCUT2D eigenvalue weighted by molar-refractivity contribution is 5.78. The van der Waals surface area contributed by atoms with Crippen LogP contribution in [-0.2, 0) is 17.8 Å². The van der Waals surface area contributed by atoms with Crippen molar-refractivity contribution in [1.82, 2.24) is 15.3 Å². The van der Waals surface area contributed by atoms with E-state index in [1.165, 1.54) is 0 Å². The Morgan fingerprint density at radius 2 is 2.00 bits per heavy atom. The van der Waals surface area contributed by atoms with Crippen molar-refractivity contribution in [3.63, 3.8) is 0 Å². The van der Waals surface area contributed by atoms with Gasteiger partial charge in [-0.25, -0.2) is 0 Å². The molecule has 0 aliphatic carbocycles. The molecule has 2 aromatic rings. The third-order valence-electron chi connectivity index (χ3n) is 3.07. The summed E-state index contributed by atoms with van der Waals surface area (Å²) in [6, 6.07) is 5.48. The highest BCUT2D eigenvalue weighted by Gasteiger charge is 2.08. The number of pyridine rings is 2. The number of aryl methyl sites for hydroxylation is 2. The summed E-state index contributed by atoms with van der Waals surface area (Å²) in [5.74, 6) is -0.115. The van der Waals surface area contributed by atoms with Crippen LogP contribution in [0.1, 0.15) is 22.4 Å². The zero-order chi connectivity index (χ0) is 14.5. The van der Waals surface area contributed by atoms with Crippen molar-refractivity contribution < 1.29 is 4.79 Å². The zero-order valence-electron chi connectivity index (χ0n) is 11.6. The van der Waals surface area contributed by atoms with Crippen molar-refractivity contribution in [3.05, 3.63) is 63.3 Å². The number of rotatable bonds is 4. The van der Waals surface area contributed by atoms with E-state index in [-0.39, 0.29) is 24.4 Å². The van der Waals surface area contributed by atoms with Crippen LogP contribution in [0.25, 0.3) is 0 Å². The molecule has 0 aliphatic rings. The zero-order valence-corrected chi connectivity index (χ0v) is 11.6. The van der Waals surface area contributed by atoms with Crippen molar-refractivity contribution in [2.24, 2.45) is 0 Å². The van der Waals surface area contributed by atoms with E-state index in [9.17, 15) is 9.59 Å². The maximum absolute atomic E-state index is 11.8. The fourth-order valence-corrected chi connectivity index (χ4v) is 2.04. The van der Waals surface area contributed by atoms with Gasteiger partial charge in [0, 0.05) is 30.2 Å². The molecule has 0 unspecified atom stereocenters. The first-order chi connectivity index (χ1) is 9.56. The van der Waals surface area contributed by atoms with Gasteiger partial charge in [0.05, 0.1) is 6.42 Å². The molecule has 2 aromatic heterocycles. The Bertz CT molecular complexity index is 663. The maximum atomic E-state index is 11.8. The SMILES string of the molecule is Cc1cc(C)c(CNC(=O)Cc2ccncc2)c(=O)[nH]1. The number of carbonyl (C=O) groups excluding carboxylic acids is 1. The molecule has 0 spiro atoms. The predicted octanol–water partition coefficient (Wildman–Crippen LogP) is 1.25. The second-order valence-electron chi connectivity index (χ2n) is 4.75. The lowest BCUT2D eigenvalue weighted by molar-refractivity contribution is -0.120. The van der Waals surface area contributed by atoms with Crippen LogP contribution in [0, 0.1) is 13.8 Å². The van der Waals surface area contributed by atoms with E-state index >= 15 is 0 Å². The second kappa shape index (κ2) is 6.14. The van der Waals surface area contributed by atoms with Gasteiger partial charge in [-0.05, 0) is 43.2 Å². The molecule has 2 rings (SSSR count). The van der Waals surface area contributed by atoms with Gasteiger partial charge in [-0.1, -0.05) is 0 Å². The molecule has 2 heterocycles. The van der Waals surface area contributed by atoms with E-state index in [0.717, 1.165) is 16.8 Å². The van der Waals surface area contributed by atoms with Crippen molar-refractivity contribution in [1.29, 1.82) is 0 Å². The fourth-order valence-electron chi connectivity index (χ4n) is 2.04. The first kappa shape index (κ1) is 14.0. The summed E-state index contributed by atoms with van der Waals surface area (Å²) in [4.78, 5) is 30.3. The number of hydrogen-bond acceptors (Lipinski definition) is 3. The van der Waals surface area contributed by atoms with Gasteiger partial charge in [0.1, 0.15) is 0 Å². The van der Waals surface area contributed by atoms with Gasteiger partial charge in [0.2, 0.25) is 5.91 Å². The molecule has 0 aliphatic heterocycles. The Hall–Kier alpha value is -2.43. The highest BCUT2D eigenvalue weighted by atomic mass is 16.1. The van der Waals surface area contributed by atoms with Gasteiger partial charge in [0.15, 0.2) is 0 Å². The standard InChI is InChI=1S/C15H17N3O2/c1-10-7-11(2)18-15(20)13(10)9-17-14(19)8-12-3-5-16-6-4-12/h3-7H,8-9H2,1-2H3,(H,17,19)(H,18,20). The minimum atomic E-state index is -0.147. The number of nitrogens with one attached hydrogen (secondary N) is 2. The lowest BCUT2D eigenvalue weighted by Crippen LogP contribution is -2.29. The Morgan fingerprint density at radius 1 is 1.30 bits per heavy atom. The molecule has 104 valence electrons. The summed E-state index contributed by atoms with van der Waals surface area (Å²) >= 11 is 0. The van der Waals surface area contributed by atoms with E-state index < -0.39 is 0 Å². The largest absolute Gasteiger partial charge is 0.352 e. The number of carbonyl (C=O) groups is 1. The topological polar surface area (TPSA) is 74.8 Å². The molecule has 0 saturated heterocycles. The van der Waals surface area contributed by atoms with Gasteiger partial charge in [-0.2, -0.15) is 0 Å². The molecule has 2 N–H and O–H groups in total. The first-order valence-electron chi connectivity index (χ1n) is 6.41. The van der Waals surface area contributed by atoms with Crippen LogP contribution in [0.5, 0.6) is 0 Å². The molecule has 0 fully saturated rings. The fraction of sp³-hybridized carbons (Fsp3) is 0.267. The van der Waals surface area contributed by atoms with Crippen molar-refractivity contribution in [3.8, 4) is 0 Å². The maximum Gasteiger partial charge on any atom is 0.253 e. The molecule has 5 heteroatoms. The van der Waals surface area contributed by atoms with Crippen LogP contribution >= 0.6 is 0 Å². The first-order valence-corrected chi connectivity index (χ1v) is 6.41. The summed E-state index contributed by atoms with van der Waals surface area (Å²) < 4.78 is 0. The normalized spacial score (nSPS) is 10.3. The Labute approximate surface area is 117 Å². The van der Waals surface area contributed by atoms with Crippen LogP contribution < -0.4 is 10.9 Å². The Balaban J connectivity index is 1.99. The molecule has 5 nitrogen and oxygen atoms in total. The monoisotopic (exact) mass is 271 g/mol. The van der Waals surface area contributed by atoms with Crippen LogP contribution in [0.4, 0.5) is 0 Å². The van der Waals surface area contributed by atoms with E-state index in [4.69, 9.17) is 0 Å². The van der Waals surface area contributed by atoms with Gasteiger partial charge >= 0.3 is 0 Å². The number of hydrogen-bond donors (Lipinski definition) is 2. The van der Waals surface area contributed by atoms with E-state index in [0.29, 0.717) is 5.56 Å². The summed E-state index contributed by atoms with van der Waals surface area (Å²) in [6.45, 7) is 3.94. The number of nitrogens with zero attached hydrogens (tertiary/aromatic N) is 1. The smallest absolute Gasteiger partial charge is 0.253 e. The van der Waals surface area contributed by atoms with Gasteiger partial charge in [-0.3, -0.25) is 14.6 Å². The van der Waals surface area contributed by atoms with Gasteiger partial charge in [-0.15, -0.1) is 0 Å². The minimum absolute atomic E-state index is 0.115. The summed E-state index contributed by atoms with van der Waals surface area (Å²) in [5, 5.41) is 2.77. The van der Waals surface area contributed by atoms with Gasteiger partial charge in [0.25, 0.3) is 5.56 Å². The predicted molar refractivity (Wildman–Crippen MR) is 76.3 cm³/mol. The summed E-state index contributed by atoms with van der Waals surface area (Å²) in [5.41, 5.74) is 3.05. The second-order valence-corrected chi connectivity index (χ2v) is 4.75. The van der Waals surface area contributed by atoms with Crippen LogP contribution in [-0.4, -0.2) is 15.9 Å². The molecule has 0 atom stereocenters. The molecule has 0 radical (unpaired) electrons. The van der Waals surface area contributed by atoms with Crippen LogP contribution in [0.3, 0.4) is 0 Å². The quantitative estimate of drug-likeness (QED) is 0.878. The van der Waals surface area contributed by atoms with E-state index in [1.54, 1.807) is 24.5 Å². The third-order valence-corrected chi connectivity index (χ3v) is 3.07. The van der Waals surface area contributed by atoms with E-state index in [2.05, 4.69) is 15.3 Å². The van der Waals surface area contributed by atoms with Crippen molar-refractivity contribution in [2.75, 3.05) is 0 Å². The average Bonchev–Trinajstić information content (AvgIpc) is 2.38. The van der Waals surface area contributed by atoms with Crippen molar-refractivity contribution >= 4 is 5.91 Å². The number of amides is 1. The summed E-state index contributed by atoms with van der Waals surface area (Å²) in [6.07, 6.45) is 3.58. The van der Waals surface area contributed by atoms with Crippen LogP contribution in [0.2, 0.25) is 0 Å². The van der Waals surface area contributed by atoms with E-state index in [1.807, 2.05) is 19.9 Å². The molecular formula is C15H17N3O2. The highest BCUT2D eigenvalue weighted by Crippen LogP contribution is 2.03. The average molecular weight is 271 g/mol. The molecule has 0 aromatic carbocycles. The minimum Gasteiger partial charge on any atom is -0.352 e. The number of aromatic nitrogens is 2. The third kappa shape index (κ3) is 3.54. The Kier molecular flexibility index (Phi) is 4.30. The molecule has 1 amide bonds. The lowest BCUT2D eigenvalue weighted by atomic mass is 10.1. The lowest BCUT2D eigenvalue weighted by Gasteiger charge is -2.08. The molecule has 0 saturated carbocycles. The van der Waals surface area contributed by atoms with Gasteiger partial charge < -0.3 is 10.3 Å². The molecular weight excluding hydrogens is 254 g/mol. The van der Waals surface area contributed by atoms with Crippen molar-refractivity contribution in [2.45, 2.75) is 26.8 Å². The van der Waals surface area contributed by atoms with Crippen LogP contribution in [0.15, 0.2) is 35.4 Å². The Morgan fingerprint density at radius 3 is 2.65 bits per heavy atom. The number of H-pyrrole nitrogens is 1. The number of aromatic amines is 1. The molecule has 20 heavy (non-hydrogen) atoms. The summed E-state index contributed by atoms with van der Waals surface area (Å²) in [7, 11) is 0.